The summed E-state index contributed by atoms with van der Waals surface area (Å²) in [7, 11) is 5.13. The third-order valence-corrected chi connectivity index (χ3v) is 4.15. The molecule has 0 saturated carbocycles. The second-order valence-corrected chi connectivity index (χ2v) is 6.20. The maximum Gasteiger partial charge on any atom is 0.272 e. The predicted molar refractivity (Wildman–Crippen MR) is 90.4 cm³/mol. The number of hydrogen-bond acceptors (Lipinski definition) is 5. The molecule has 0 aliphatic carbocycles. The molecule has 2 aromatic rings. The van der Waals surface area contributed by atoms with Crippen LogP contribution in [0.3, 0.4) is 0 Å². The molecule has 0 radical (unpaired) electrons. The molecule has 2 amide bonds. The molecule has 0 aromatic carbocycles. The zero-order chi connectivity index (χ0) is 18.0. The van der Waals surface area contributed by atoms with Crippen LogP contribution in [0.1, 0.15) is 27.3 Å². The number of nitrogens with zero attached hydrogens (tertiary/aromatic N) is 5. The minimum atomic E-state index is -0.111. The first-order valence-electron chi connectivity index (χ1n) is 8.07. The highest BCUT2D eigenvalue weighted by molar-refractivity contribution is 5.93. The molecular weight excluding hydrogens is 322 g/mol. The number of aryl methyl sites for hydroxylation is 1. The highest BCUT2D eigenvalue weighted by Gasteiger charge is 2.29. The van der Waals surface area contributed by atoms with E-state index in [4.69, 9.17) is 4.74 Å². The van der Waals surface area contributed by atoms with Crippen LogP contribution >= 0.6 is 0 Å². The van der Waals surface area contributed by atoms with E-state index in [1.807, 2.05) is 0 Å². The Balaban J connectivity index is 1.59. The van der Waals surface area contributed by atoms with Crippen molar-refractivity contribution in [2.75, 3.05) is 27.2 Å². The number of aromatic nitrogens is 3. The lowest BCUT2D eigenvalue weighted by molar-refractivity contribution is 0.0759. The van der Waals surface area contributed by atoms with Gasteiger partial charge in [0.05, 0.1) is 12.1 Å². The zero-order valence-corrected chi connectivity index (χ0v) is 14.5. The van der Waals surface area contributed by atoms with Crippen LogP contribution in [-0.2, 0) is 7.05 Å². The van der Waals surface area contributed by atoms with Gasteiger partial charge in [0.1, 0.15) is 11.8 Å². The standard InChI is InChI=1S/C17H21N5O3/c1-20(2)16(23)12-4-5-15(18-10-12)25-13-7-9-22(11-13)17(24)14-6-8-19-21(14)3/h4-6,8,10,13H,7,9,11H2,1-3H3. The lowest BCUT2D eigenvalue weighted by Crippen LogP contribution is -2.32. The third-order valence-electron chi connectivity index (χ3n) is 4.15. The summed E-state index contributed by atoms with van der Waals surface area (Å²) >= 11 is 0. The summed E-state index contributed by atoms with van der Waals surface area (Å²) in [6.07, 6.45) is 3.74. The van der Waals surface area contributed by atoms with Crippen molar-refractivity contribution in [3.63, 3.8) is 0 Å². The monoisotopic (exact) mass is 343 g/mol. The fourth-order valence-electron chi connectivity index (χ4n) is 2.76. The number of amides is 2. The van der Waals surface area contributed by atoms with Crippen LogP contribution in [0.25, 0.3) is 0 Å². The summed E-state index contributed by atoms with van der Waals surface area (Å²) in [5.74, 6) is 0.300. The number of ether oxygens (including phenoxy) is 1. The van der Waals surface area contributed by atoms with E-state index in [0.29, 0.717) is 30.2 Å². The molecule has 0 spiro atoms. The summed E-state index contributed by atoms with van der Waals surface area (Å²) in [6, 6.07) is 5.08. The van der Waals surface area contributed by atoms with E-state index in [1.54, 1.807) is 55.1 Å². The van der Waals surface area contributed by atoms with E-state index in [-0.39, 0.29) is 17.9 Å². The Morgan fingerprint density at radius 1 is 1.28 bits per heavy atom. The largest absolute Gasteiger partial charge is 0.472 e. The number of rotatable bonds is 4. The van der Waals surface area contributed by atoms with Gasteiger partial charge in [-0.15, -0.1) is 0 Å². The van der Waals surface area contributed by atoms with Gasteiger partial charge in [-0.3, -0.25) is 14.3 Å². The lowest BCUT2D eigenvalue weighted by Gasteiger charge is -2.17. The molecule has 3 rings (SSSR count). The Morgan fingerprint density at radius 3 is 2.68 bits per heavy atom. The number of carbonyl (C=O) groups excluding carboxylic acids is 2. The molecule has 0 N–H and O–H groups in total. The van der Waals surface area contributed by atoms with Crippen LogP contribution in [0.15, 0.2) is 30.6 Å². The van der Waals surface area contributed by atoms with E-state index < -0.39 is 0 Å². The van der Waals surface area contributed by atoms with Gasteiger partial charge in [-0.2, -0.15) is 5.10 Å². The molecule has 3 heterocycles. The molecule has 1 aliphatic heterocycles. The first-order valence-corrected chi connectivity index (χ1v) is 8.07. The topological polar surface area (TPSA) is 80.6 Å². The molecule has 0 bridgehead atoms. The van der Waals surface area contributed by atoms with Gasteiger partial charge in [0.15, 0.2) is 0 Å². The van der Waals surface area contributed by atoms with Gasteiger partial charge in [0.2, 0.25) is 5.88 Å². The van der Waals surface area contributed by atoms with Gasteiger partial charge in [-0.05, 0) is 12.1 Å². The maximum atomic E-state index is 12.5. The van der Waals surface area contributed by atoms with Crippen LogP contribution in [0, 0.1) is 0 Å². The van der Waals surface area contributed by atoms with Crippen molar-refractivity contribution >= 4 is 11.8 Å². The molecule has 1 unspecified atom stereocenters. The van der Waals surface area contributed by atoms with Gasteiger partial charge < -0.3 is 14.5 Å². The molecule has 2 aromatic heterocycles. The van der Waals surface area contributed by atoms with Crippen LogP contribution in [0.2, 0.25) is 0 Å². The molecule has 1 saturated heterocycles. The minimum absolute atomic E-state index is 0.0500. The average molecular weight is 343 g/mol. The first kappa shape index (κ1) is 16.9. The van der Waals surface area contributed by atoms with E-state index in [1.165, 1.54) is 11.1 Å². The van der Waals surface area contributed by atoms with Crippen LogP contribution < -0.4 is 4.74 Å². The molecular formula is C17H21N5O3. The summed E-state index contributed by atoms with van der Waals surface area (Å²) in [4.78, 5) is 31.8. The Hall–Kier alpha value is -2.90. The normalized spacial score (nSPS) is 16.8. The van der Waals surface area contributed by atoms with Crippen LogP contribution in [0.4, 0.5) is 0 Å². The Morgan fingerprint density at radius 2 is 2.08 bits per heavy atom. The molecule has 1 atom stereocenters. The SMILES string of the molecule is CN(C)C(=O)c1ccc(OC2CCN(C(=O)c3ccnn3C)C2)nc1. The molecule has 132 valence electrons. The first-order chi connectivity index (χ1) is 12.0. The molecule has 1 aliphatic rings. The Kier molecular flexibility index (Phi) is 4.69. The van der Waals surface area contributed by atoms with E-state index >= 15 is 0 Å². The third kappa shape index (κ3) is 3.62. The van der Waals surface area contributed by atoms with E-state index in [2.05, 4.69) is 10.1 Å². The van der Waals surface area contributed by atoms with E-state index in [9.17, 15) is 9.59 Å². The number of pyridine rings is 1. The maximum absolute atomic E-state index is 12.5. The fraction of sp³-hybridized carbons (Fsp3) is 0.412. The smallest absolute Gasteiger partial charge is 0.272 e. The van der Waals surface area contributed by atoms with Crippen molar-refractivity contribution in [1.82, 2.24) is 24.6 Å². The molecule has 25 heavy (non-hydrogen) atoms. The summed E-state index contributed by atoms with van der Waals surface area (Å²) in [6.45, 7) is 1.13. The van der Waals surface area contributed by atoms with Gasteiger partial charge in [0.25, 0.3) is 11.8 Å². The highest BCUT2D eigenvalue weighted by atomic mass is 16.5. The second-order valence-electron chi connectivity index (χ2n) is 6.20. The zero-order valence-electron chi connectivity index (χ0n) is 14.5. The number of likely N-dealkylation sites (tertiary alicyclic amines) is 1. The summed E-state index contributed by atoms with van der Waals surface area (Å²) in [5.41, 5.74) is 1.07. The minimum Gasteiger partial charge on any atom is -0.472 e. The van der Waals surface area contributed by atoms with Crippen molar-refractivity contribution in [3.8, 4) is 5.88 Å². The molecule has 8 nitrogen and oxygen atoms in total. The second kappa shape index (κ2) is 6.92. The summed E-state index contributed by atoms with van der Waals surface area (Å²) < 4.78 is 7.41. The van der Waals surface area contributed by atoms with Crippen molar-refractivity contribution in [2.24, 2.45) is 7.05 Å². The summed E-state index contributed by atoms with van der Waals surface area (Å²) in [5, 5.41) is 4.03. The van der Waals surface area contributed by atoms with Crippen LogP contribution in [-0.4, -0.2) is 69.7 Å². The average Bonchev–Trinajstić information content (AvgIpc) is 3.23. The molecule has 1 fully saturated rings. The van der Waals surface area contributed by atoms with Gasteiger partial charge in [-0.25, -0.2) is 4.98 Å². The van der Waals surface area contributed by atoms with Crippen molar-refractivity contribution in [1.29, 1.82) is 0 Å². The number of carbonyl (C=O) groups is 2. The van der Waals surface area contributed by atoms with Gasteiger partial charge in [0, 0.05) is 52.6 Å². The quantitative estimate of drug-likeness (QED) is 0.821. The van der Waals surface area contributed by atoms with Gasteiger partial charge in [-0.1, -0.05) is 0 Å². The van der Waals surface area contributed by atoms with Gasteiger partial charge >= 0.3 is 0 Å². The predicted octanol–water partition coefficient (Wildman–Crippen LogP) is 0.810. The molecule has 8 heteroatoms. The van der Waals surface area contributed by atoms with Crippen LogP contribution in [0.5, 0.6) is 5.88 Å². The van der Waals surface area contributed by atoms with Crippen molar-refractivity contribution in [2.45, 2.75) is 12.5 Å². The lowest BCUT2D eigenvalue weighted by atomic mass is 10.2. The van der Waals surface area contributed by atoms with Crippen molar-refractivity contribution in [3.05, 3.63) is 41.9 Å². The Bertz CT molecular complexity index is 769. The fourth-order valence-corrected chi connectivity index (χ4v) is 2.76. The van der Waals surface area contributed by atoms with Crippen molar-refractivity contribution < 1.29 is 14.3 Å². The number of hydrogen-bond donors (Lipinski definition) is 0. The highest BCUT2D eigenvalue weighted by Crippen LogP contribution is 2.19. The van der Waals surface area contributed by atoms with E-state index in [0.717, 1.165) is 6.42 Å². The Labute approximate surface area is 146 Å².